The molecule has 1 aromatic heterocycles. The van der Waals surface area contributed by atoms with E-state index in [0.717, 1.165) is 18.5 Å². The topological polar surface area (TPSA) is 73.1 Å². The molecule has 3 N–H and O–H groups in total. The minimum absolute atomic E-state index is 0.408. The molecule has 0 unspecified atom stereocenters. The average Bonchev–Trinajstić information content (AvgIpc) is 2.47. The first-order valence-electron chi connectivity index (χ1n) is 6.71. The van der Waals surface area contributed by atoms with Crippen molar-refractivity contribution in [3.63, 3.8) is 0 Å². The number of benzene rings is 1. The van der Waals surface area contributed by atoms with E-state index < -0.39 is 0 Å². The van der Waals surface area contributed by atoms with E-state index in [0.29, 0.717) is 24.9 Å². The predicted molar refractivity (Wildman–Crippen MR) is 79.0 cm³/mol. The molecule has 0 aliphatic carbocycles. The minimum Gasteiger partial charge on any atom is -0.373 e. The summed E-state index contributed by atoms with van der Waals surface area (Å²) in [6, 6.07) is 12.2. The van der Waals surface area contributed by atoms with E-state index in [4.69, 9.17) is 10.6 Å². The first-order valence-corrected chi connectivity index (χ1v) is 6.71. The highest BCUT2D eigenvalue weighted by Gasteiger charge is 2.01. The van der Waals surface area contributed by atoms with Crippen molar-refractivity contribution >= 4 is 5.82 Å². The quantitative estimate of drug-likeness (QED) is 0.459. The monoisotopic (exact) mass is 272 g/mol. The number of rotatable bonds is 7. The van der Waals surface area contributed by atoms with E-state index in [1.807, 2.05) is 13.0 Å². The molecule has 0 spiro atoms. The van der Waals surface area contributed by atoms with Crippen molar-refractivity contribution < 1.29 is 4.74 Å². The summed E-state index contributed by atoms with van der Waals surface area (Å²) in [6.45, 7) is 3.00. The van der Waals surface area contributed by atoms with Crippen LogP contribution in [0.3, 0.4) is 0 Å². The van der Waals surface area contributed by atoms with Crippen molar-refractivity contribution in [2.24, 2.45) is 5.84 Å². The van der Waals surface area contributed by atoms with Crippen LogP contribution in [0.15, 0.2) is 36.4 Å². The lowest BCUT2D eigenvalue weighted by atomic mass is 10.1. The Balaban J connectivity index is 1.72. The maximum atomic E-state index is 5.60. The minimum atomic E-state index is 0.408. The SMILES string of the molecule is Cc1cc(NN)nc(COCCCc2ccccc2)n1. The van der Waals surface area contributed by atoms with E-state index in [9.17, 15) is 0 Å². The lowest BCUT2D eigenvalue weighted by molar-refractivity contribution is 0.113. The number of nitrogens with one attached hydrogen (secondary N) is 1. The van der Waals surface area contributed by atoms with Crippen molar-refractivity contribution in [3.05, 3.63) is 53.5 Å². The highest BCUT2D eigenvalue weighted by molar-refractivity contribution is 5.33. The van der Waals surface area contributed by atoms with Gasteiger partial charge in [0.1, 0.15) is 12.4 Å². The van der Waals surface area contributed by atoms with E-state index in [1.165, 1.54) is 5.56 Å². The molecule has 5 nitrogen and oxygen atoms in total. The van der Waals surface area contributed by atoms with Crippen LogP contribution in [0, 0.1) is 6.92 Å². The molecular weight excluding hydrogens is 252 g/mol. The van der Waals surface area contributed by atoms with Gasteiger partial charge < -0.3 is 10.2 Å². The summed E-state index contributed by atoms with van der Waals surface area (Å²) in [4.78, 5) is 8.54. The largest absolute Gasteiger partial charge is 0.373 e. The fourth-order valence-electron chi connectivity index (χ4n) is 1.95. The first kappa shape index (κ1) is 14.4. The highest BCUT2D eigenvalue weighted by atomic mass is 16.5. The van der Waals surface area contributed by atoms with Crippen LogP contribution in [0.1, 0.15) is 23.5 Å². The molecule has 0 saturated heterocycles. The van der Waals surface area contributed by atoms with Gasteiger partial charge in [-0.1, -0.05) is 30.3 Å². The standard InChI is InChI=1S/C15H20N4O/c1-12-10-14(19-16)18-15(17-12)11-20-9-5-8-13-6-3-2-4-7-13/h2-4,6-7,10H,5,8-9,11,16H2,1H3,(H,17,18,19). The molecule has 2 aromatic rings. The second kappa shape index (κ2) is 7.57. The van der Waals surface area contributed by atoms with Crippen LogP contribution in [0.4, 0.5) is 5.82 Å². The third-order valence-corrected chi connectivity index (χ3v) is 2.88. The van der Waals surface area contributed by atoms with E-state index in [2.05, 4.69) is 39.7 Å². The Morgan fingerprint density at radius 3 is 2.75 bits per heavy atom. The zero-order valence-corrected chi connectivity index (χ0v) is 11.7. The number of hydrogen-bond acceptors (Lipinski definition) is 5. The van der Waals surface area contributed by atoms with E-state index in [1.54, 1.807) is 6.07 Å². The predicted octanol–water partition coefficient (Wildman–Crippen LogP) is 2.22. The van der Waals surface area contributed by atoms with Crippen LogP contribution < -0.4 is 11.3 Å². The molecule has 0 bridgehead atoms. The van der Waals surface area contributed by atoms with Crippen LogP contribution in [0.5, 0.6) is 0 Å². The zero-order valence-electron chi connectivity index (χ0n) is 11.7. The van der Waals surface area contributed by atoms with Gasteiger partial charge >= 0.3 is 0 Å². The lowest BCUT2D eigenvalue weighted by Gasteiger charge is -2.06. The van der Waals surface area contributed by atoms with Crippen LogP contribution in [-0.4, -0.2) is 16.6 Å². The highest BCUT2D eigenvalue weighted by Crippen LogP contribution is 2.06. The third-order valence-electron chi connectivity index (χ3n) is 2.88. The Morgan fingerprint density at radius 2 is 2.00 bits per heavy atom. The van der Waals surface area contributed by atoms with Gasteiger partial charge in [-0.05, 0) is 25.3 Å². The summed E-state index contributed by atoms with van der Waals surface area (Å²) in [5, 5.41) is 0. The van der Waals surface area contributed by atoms with Crippen molar-refractivity contribution in [2.75, 3.05) is 12.0 Å². The van der Waals surface area contributed by atoms with Gasteiger partial charge in [-0.3, -0.25) is 0 Å². The molecule has 2 rings (SSSR count). The maximum Gasteiger partial charge on any atom is 0.156 e. The number of nitrogen functional groups attached to an aromatic ring is 1. The molecule has 1 aromatic carbocycles. The van der Waals surface area contributed by atoms with Crippen molar-refractivity contribution in [2.45, 2.75) is 26.4 Å². The van der Waals surface area contributed by atoms with Crippen molar-refractivity contribution in [3.8, 4) is 0 Å². The fourth-order valence-corrected chi connectivity index (χ4v) is 1.95. The van der Waals surface area contributed by atoms with Crippen molar-refractivity contribution in [1.82, 2.24) is 9.97 Å². The molecule has 0 aliphatic rings. The molecule has 0 fully saturated rings. The summed E-state index contributed by atoms with van der Waals surface area (Å²) in [7, 11) is 0. The Morgan fingerprint density at radius 1 is 1.20 bits per heavy atom. The van der Waals surface area contributed by atoms with Gasteiger partial charge in [0.2, 0.25) is 0 Å². The summed E-state index contributed by atoms with van der Waals surface area (Å²) in [5.74, 6) is 6.61. The number of aromatic nitrogens is 2. The molecule has 0 saturated carbocycles. The van der Waals surface area contributed by atoms with E-state index >= 15 is 0 Å². The molecular formula is C15H20N4O. The number of nitrogens with zero attached hydrogens (tertiary/aromatic N) is 2. The van der Waals surface area contributed by atoms with Gasteiger partial charge in [0, 0.05) is 18.4 Å². The summed E-state index contributed by atoms with van der Waals surface area (Å²) >= 11 is 0. The zero-order chi connectivity index (χ0) is 14.2. The van der Waals surface area contributed by atoms with Crippen LogP contribution in [0.2, 0.25) is 0 Å². The lowest BCUT2D eigenvalue weighted by Crippen LogP contribution is -2.11. The number of hydrazine groups is 1. The number of nitrogens with two attached hydrogens (primary N) is 1. The first-order chi connectivity index (χ1) is 9.78. The number of ether oxygens (including phenoxy) is 1. The van der Waals surface area contributed by atoms with Gasteiger partial charge in [0.05, 0.1) is 0 Å². The average molecular weight is 272 g/mol. The summed E-state index contributed by atoms with van der Waals surface area (Å²) in [6.07, 6.45) is 2.00. The van der Waals surface area contributed by atoms with Gasteiger partial charge in [-0.25, -0.2) is 15.8 Å². The second-order valence-electron chi connectivity index (χ2n) is 4.60. The fraction of sp³-hybridized carbons (Fsp3) is 0.333. The number of anilines is 1. The molecule has 20 heavy (non-hydrogen) atoms. The molecule has 5 heteroatoms. The van der Waals surface area contributed by atoms with Crippen LogP contribution in [0.25, 0.3) is 0 Å². The van der Waals surface area contributed by atoms with Gasteiger partial charge in [0.15, 0.2) is 5.82 Å². The third kappa shape index (κ3) is 4.60. The molecule has 106 valence electrons. The van der Waals surface area contributed by atoms with Gasteiger partial charge in [-0.2, -0.15) is 0 Å². The summed E-state index contributed by atoms with van der Waals surface area (Å²) in [5.41, 5.74) is 4.73. The smallest absolute Gasteiger partial charge is 0.156 e. The number of hydrogen-bond donors (Lipinski definition) is 2. The molecule has 0 atom stereocenters. The Kier molecular flexibility index (Phi) is 5.46. The van der Waals surface area contributed by atoms with Gasteiger partial charge in [0.25, 0.3) is 0 Å². The Hall–Kier alpha value is -1.98. The maximum absolute atomic E-state index is 5.60. The molecule has 0 amide bonds. The van der Waals surface area contributed by atoms with Crippen molar-refractivity contribution in [1.29, 1.82) is 0 Å². The number of aryl methyl sites for hydroxylation is 2. The molecule has 1 heterocycles. The van der Waals surface area contributed by atoms with Crippen LogP contribution >= 0.6 is 0 Å². The van der Waals surface area contributed by atoms with Crippen LogP contribution in [-0.2, 0) is 17.8 Å². The normalized spacial score (nSPS) is 10.5. The Bertz CT molecular complexity index is 531. The second-order valence-corrected chi connectivity index (χ2v) is 4.60. The Labute approximate surface area is 119 Å². The summed E-state index contributed by atoms with van der Waals surface area (Å²) < 4.78 is 5.60. The molecule has 0 radical (unpaired) electrons. The molecule has 0 aliphatic heterocycles. The van der Waals surface area contributed by atoms with E-state index in [-0.39, 0.29) is 0 Å². The van der Waals surface area contributed by atoms with Gasteiger partial charge in [-0.15, -0.1) is 0 Å².